The van der Waals surface area contributed by atoms with Crippen LogP contribution in [0, 0.1) is 23.7 Å². The first kappa shape index (κ1) is 16.6. The summed E-state index contributed by atoms with van der Waals surface area (Å²) in [5.74, 6) is 2.39. The molecule has 0 aromatic heterocycles. The lowest BCUT2D eigenvalue weighted by Gasteiger charge is -2.38. The lowest BCUT2D eigenvalue weighted by atomic mass is 9.68. The molecule has 0 aromatic carbocycles. The number of allylic oxidation sites excluding steroid dienone is 1. The van der Waals surface area contributed by atoms with Gasteiger partial charge in [-0.1, -0.05) is 38.7 Å². The largest absolute Gasteiger partial charge is 0.478 e. The van der Waals surface area contributed by atoms with Crippen LogP contribution in [0.3, 0.4) is 0 Å². The van der Waals surface area contributed by atoms with Crippen molar-refractivity contribution in [2.45, 2.75) is 78.1 Å². The molecule has 0 bridgehead atoms. The van der Waals surface area contributed by atoms with Crippen LogP contribution in [0.5, 0.6) is 0 Å². The van der Waals surface area contributed by atoms with Crippen molar-refractivity contribution >= 4 is 5.97 Å². The van der Waals surface area contributed by atoms with Crippen LogP contribution in [0.1, 0.15) is 78.1 Å². The van der Waals surface area contributed by atoms with E-state index < -0.39 is 5.97 Å². The van der Waals surface area contributed by atoms with E-state index in [0.29, 0.717) is 11.5 Å². The first-order valence-corrected chi connectivity index (χ1v) is 9.05. The van der Waals surface area contributed by atoms with Crippen molar-refractivity contribution in [1.82, 2.24) is 0 Å². The van der Waals surface area contributed by atoms with Gasteiger partial charge in [0.05, 0.1) is 0 Å². The van der Waals surface area contributed by atoms with Crippen LogP contribution in [0.25, 0.3) is 0 Å². The van der Waals surface area contributed by atoms with E-state index in [1.807, 2.05) is 13.0 Å². The summed E-state index contributed by atoms with van der Waals surface area (Å²) in [6, 6.07) is 0. The number of carboxylic acid groups (broad SMARTS) is 1. The molecule has 2 nitrogen and oxygen atoms in total. The van der Waals surface area contributed by atoms with E-state index in [1.54, 1.807) is 0 Å². The van der Waals surface area contributed by atoms with Crippen LogP contribution < -0.4 is 0 Å². The Hall–Kier alpha value is -0.790. The predicted molar refractivity (Wildman–Crippen MR) is 87.2 cm³/mol. The number of aliphatic carboxylic acids is 1. The summed E-state index contributed by atoms with van der Waals surface area (Å²) in [4.78, 5) is 11.2. The van der Waals surface area contributed by atoms with Crippen LogP contribution in [0.4, 0.5) is 0 Å². The highest BCUT2D eigenvalue weighted by atomic mass is 16.4. The van der Waals surface area contributed by atoms with Crippen molar-refractivity contribution in [3.8, 4) is 0 Å². The van der Waals surface area contributed by atoms with Crippen molar-refractivity contribution in [2.24, 2.45) is 23.7 Å². The van der Waals surface area contributed by atoms with Gasteiger partial charge in [-0.15, -0.1) is 0 Å². The molecule has 120 valence electrons. The van der Waals surface area contributed by atoms with E-state index in [0.717, 1.165) is 30.6 Å². The topological polar surface area (TPSA) is 37.3 Å². The summed E-state index contributed by atoms with van der Waals surface area (Å²) in [6.45, 7) is 4.17. The fraction of sp³-hybridized carbons (Fsp3) is 0.842. The highest BCUT2D eigenvalue weighted by Crippen LogP contribution is 2.43. The summed E-state index contributed by atoms with van der Waals surface area (Å²) in [6.07, 6.45) is 15.0. The first-order chi connectivity index (χ1) is 10.2. The van der Waals surface area contributed by atoms with E-state index in [-0.39, 0.29) is 0 Å². The highest BCUT2D eigenvalue weighted by molar-refractivity contribution is 5.87. The fourth-order valence-electron chi connectivity index (χ4n) is 4.79. The third-order valence-corrected chi connectivity index (χ3v) is 6.02. The lowest BCUT2D eigenvalue weighted by Crippen LogP contribution is -2.27. The maximum Gasteiger partial charge on any atom is 0.331 e. The van der Waals surface area contributed by atoms with Gasteiger partial charge < -0.3 is 5.11 Å². The van der Waals surface area contributed by atoms with Gasteiger partial charge in [0, 0.05) is 5.57 Å². The summed E-state index contributed by atoms with van der Waals surface area (Å²) >= 11 is 0. The Morgan fingerprint density at radius 1 is 1.00 bits per heavy atom. The van der Waals surface area contributed by atoms with Crippen molar-refractivity contribution in [3.63, 3.8) is 0 Å². The molecule has 2 fully saturated rings. The highest BCUT2D eigenvalue weighted by Gasteiger charge is 2.32. The van der Waals surface area contributed by atoms with Crippen LogP contribution in [0.2, 0.25) is 0 Å². The molecule has 0 radical (unpaired) electrons. The molecule has 0 spiro atoms. The summed E-state index contributed by atoms with van der Waals surface area (Å²) in [7, 11) is 0. The summed E-state index contributed by atoms with van der Waals surface area (Å²) in [5.41, 5.74) is 0.653. The minimum Gasteiger partial charge on any atom is -0.478 e. The monoisotopic (exact) mass is 292 g/mol. The molecule has 21 heavy (non-hydrogen) atoms. The van der Waals surface area contributed by atoms with E-state index in [9.17, 15) is 9.90 Å². The molecule has 2 aliphatic carbocycles. The van der Waals surface area contributed by atoms with Gasteiger partial charge in [0.1, 0.15) is 0 Å². The molecule has 0 unspecified atom stereocenters. The summed E-state index contributed by atoms with van der Waals surface area (Å²) in [5, 5.41) is 9.25. The van der Waals surface area contributed by atoms with Gasteiger partial charge in [0.25, 0.3) is 0 Å². The van der Waals surface area contributed by atoms with Crippen LogP contribution >= 0.6 is 0 Å². The molecule has 0 atom stereocenters. The second-order valence-electron chi connectivity index (χ2n) is 7.23. The minimum atomic E-state index is -0.707. The Bertz CT molecular complexity index is 356. The Labute approximate surface area is 130 Å². The molecule has 0 amide bonds. The second kappa shape index (κ2) is 8.00. The average molecular weight is 292 g/mol. The smallest absolute Gasteiger partial charge is 0.331 e. The Morgan fingerprint density at radius 3 is 1.95 bits per heavy atom. The molecule has 0 aliphatic heterocycles. The molecule has 2 heteroatoms. The maximum absolute atomic E-state index is 11.2. The Kier molecular flexibility index (Phi) is 6.32. The van der Waals surface area contributed by atoms with Crippen molar-refractivity contribution < 1.29 is 9.90 Å². The zero-order valence-corrected chi connectivity index (χ0v) is 13.8. The van der Waals surface area contributed by atoms with E-state index in [4.69, 9.17) is 0 Å². The molecule has 1 N–H and O–H groups in total. The van der Waals surface area contributed by atoms with Crippen molar-refractivity contribution in [1.29, 1.82) is 0 Å². The molecular formula is C19H32O2. The Balaban J connectivity index is 1.78. The van der Waals surface area contributed by atoms with E-state index in [1.165, 1.54) is 51.4 Å². The zero-order valence-electron chi connectivity index (χ0n) is 13.8. The second-order valence-corrected chi connectivity index (χ2v) is 7.23. The van der Waals surface area contributed by atoms with Crippen LogP contribution in [0.15, 0.2) is 11.6 Å². The fourth-order valence-corrected chi connectivity index (χ4v) is 4.79. The Morgan fingerprint density at radius 2 is 1.52 bits per heavy atom. The molecule has 2 aliphatic rings. The van der Waals surface area contributed by atoms with Gasteiger partial charge in [-0.05, 0) is 69.1 Å². The van der Waals surface area contributed by atoms with E-state index in [2.05, 4.69) is 6.92 Å². The van der Waals surface area contributed by atoms with E-state index >= 15 is 0 Å². The predicted octanol–water partition coefficient (Wildman–Crippen LogP) is 5.43. The number of carbonyl (C=O) groups is 1. The van der Waals surface area contributed by atoms with Gasteiger partial charge in [-0.25, -0.2) is 4.79 Å². The summed E-state index contributed by atoms with van der Waals surface area (Å²) < 4.78 is 0. The average Bonchev–Trinajstić information content (AvgIpc) is 2.49. The van der Waals surface area contributed by atoms with Crippen molar-refractivity contribution in [3.05, 3.63) is 11.6 Å². The van der Waals surface area contributed by atoms with Gasteiger partial charge in [0.2, 0.25) is 0 Å². The number of hydrogen-bond donors (Lipinski definition) is 1. The standard InChI is InChI=1S/C19H32O2/c1-3-5-14-6-8-15(9-7-14)16-10-12-17(13-11-16)18(4-2)19(20)21/h4,14-17H,3,5-13H2,1-2H3,(H,20,21). The molecule has 2 saturated carbocycles. The minimum absolute atomic E-state index is 0.306. The molecule has 2 rings (SSSR count). The maximum atomic E-state index is 11.2. The van der Waals surface area contributed by atoms with Crippen LogP contribution in [-0.2, 0) is 4.79 Å². The van der Waals surface area contributed by atoms with Gasteiger partial charge in [-0.3, -0.25) is 0 Å². The molecular weight excluding hydrogens is 260 g/mol. The molecule has 0 aromatic rings. The van der Waals surface area contributed by atoms with Gasteiger partial charge in [0.15, 0.2) is 0 Å². The number of rotatable bonds is 5. The number of carboxylic acids is 1. The third-order valence-electron chi connectivity index (χ3n) is 6.02. The third kappa shape index (κ3) is 4.34. The quantitative estimate of drug-likeness (QED) is 0.686. The normalized spacial score (nSPS) is 34.7. The molecule has 0 saturated heterocycles. The van der Waals surface area contributed by atoms with Gasteiger partial charge in [-0.2, -0.15) is 0 Å². The SMILES string of the molecule is CC=C(C(=O)O)C1CCC(C2CCC(CCC)CC2)CC1. The number of hydrogen-bond acceptors (Lipinski definition) is 1. The van der Waals surface area contributed by atoms with Crippen LogP contribution in [-0.4, -0.2) is 11.1 Å². The first-order valence-electron chi connectivity index (χ1n) is 9.05. The zero-order chi connectivity index (χ0) is 15.2. The lowest BCUT2D eigenvalue weighted by molar-refractivity contribution is -0.133. The molecule has 0 heterocycles. The van der Waals surface area contributed by atoms with Crippen molar-refractivity contribution in [2.75, 3.05) is 0 Å². The van der Waals surface area contributed by atoms with Gasteiger partial charge >= 0.3 is 5.97 Å².